The van der Waals surface area contributed by atoms with Crippen LogP contribution in [0.25, 0.3) is 5.76 Å². The van der Waals surface area contributed by atoms with Crippen LogP contribution in [0, 0.1) is 0 Å². The van der Waals surface area contributed by atoms with Crippen molar-refractivity contribution in [2.75, 3.05) is 4.90 Å². The number of benzene rings is 2. The van der Waals surface area contributed by atoms with E-state index in [9.17, 15) is 23.1 Å². The summed E-state index contributed by atoms with van der Waals surface area (Å²) in [6.45, 7) is 3.78. The van der Waals surface area contributed by atoms with E-state index < -0.39 is 27.8 Å². The lowest BCUT2D eigenvalue weighted by molar-refractivity contribution is -0.132. The first-order valence-corrected chi connectivity index (χ1v) is 12.2. The fraction of sp³-hybridized carbons (Fsp3) is 0.160. The van der Waals surface area contributed by atoms with Gasteiger partial charge in [0, 0.05) is 23.6 Å². The zero-order chi connectivity index (χ0) is 25.3. The summed E-state index contributed by atoms with van der Waals surface area (Å²) in [7, 11) is -3.94. The van der Waals surface area contributed by atoms with Gasteiger partial charge in [-0.15, -0.1) is 0 Å². The molecule has 0 spiro atoms. The highest BCUT2D eigenvalue weighted by Crippen LogP contribution is 2.42. The minimum Gasteiger partial charge on any atom is -0.507 e. The summed E-state index contributed by atoms with van der Waals surface area (Å²) in [6.07, 6.45) is 3.00. The van der Waals surface area contributed by atoms with Crippen LogP contribution in [0.3, 0.4) is 0 Å². The van der Waals surface area contributed by atoms with Crippen LogP contribution in [0.1, 0.15) is 31.0 Å². The number of Topliss-reactive ketones (excluding diaryl/α,β-unsaturated/α-hetero) is 1. The first kappa shape index (κ1) is 24.1. The lowest BCUT2D eigenvalue weighted by Gasteiger charge is -2.25. The zero-order valence-electron chi connectivity index (χ0n) is 19.0. The quantitative estimate of drug-likeness (QED) is 0.305. The molecule has 1 fully saturated rings. The number of sulfonamides is 1. The summed E-state index contributed by atoms with van der Waals surface area (Å²) in [4.78, 5) is 31.5. The Bertz CT molecular complexity index is 1400. The van der Waals surface area contributed by atoms with Crippen molar-refractivity contribution in [2.45, 2.75) is 30.9 Å². The third-order valence-corrected chi connectivity index (χ3v) is 6.32. The molecule has 4 rings (SSSR count). The molecule has 1 aromatic heterocycles. The van der Waals surface area contributed by atoms with E-state index >= 15 is 0 Å². The Kier molecular flexibility index (Phi) is 6.42. The van der Waals surface area contributed by atoms with Gasteiger partial charge in [0.25, 0.3) is 11.7 Å². The molecule has 1 saturated heterocycles. The Hall–Kier alpha value is -4.02. The Morgan fingerprint density at radius 2 is 1.71 bits per heavy atom. The van der Waals surface area contributed by atoms with E-state index in [0.717, 1.165) is 0 Å². The number of primary sulfonamides is 1. The fourth-order valence-corrected chi connectivity index (χ4v) is 4.38. The molecule has 2 heterocycles. The first-order valence-electron chi connectivity index (χ1n) is 10.7. The summed E-state index contributed by atoms with van der Waals surface area (Å²) < 4.78 is 28.9. The highest BCUT2D eigenvalue weighted by Gasteiger charge is 2.47. The summed E-state index contributed by atoms with van der Waals surface area (Å²) in [5.74, 6) is -1.51. The molecule has 1 amide bonds. The van der Waals surface area contributed by atoms with Crippen LogP contribution >= 0.6 is 0 Å². The average molecular weight is 494 g/mol. The van der Waals surface area contributed by atoms with Gasteiger partial charge in [-0.05, 0) is 74.0 Å². The van der Waals surface area contributed by atoms with Crippen molar-refractivity contribution in [1.82, 2.24) is 4.98 Å². The van der Waals surface area contributed by atoms with E-state index in [1.165, 1.54) is 35.4 Å². The van der Waals surface area contributed by atoms with E-state index in [2.05, 4.69) is 4.98 Å². The SMILES string of the molecule is CC(C)Oc1ccc(/C(O)=C2\C(=O)C(=O)N(c3ccc(S(N)(=O)=O)cc3)C2c2cccnc2)cc1. The van der Waals surface area contributed by atoms with Gasteiger partial charge in [-0.3, -0.25) is 19.5 Å². The van der Waals surface area contributed by atoms with Gasteiger partial charge >= 0.3 is 0 Å². The minimum absolute atomic E-state index is 0.0361. The molecule has 1 atom stereocenters. The van der Waals surface area contributed by atoms with Gasteiger partial charge < -0.3 is 9.84 Å². The Morgan fingerprint density at radius 3 is 2.26 bits per heavy atom. The molecule has 2 aromatic carbocycles. The predicted molar refractivity (Wildman–Crippen MR) is 129 cm³/mol. The van der Waals surface area contributed by atoms with E-state index in [1.807, 2.05) is 13.8 Å². The molecule has 1 aliphatic heterocycles. The minimum atomic E-state index is -3.94. The lowest BCUT2D eigenvalue weighted by atomic mass is 9.96. The van der Waals surface area contributed by atoms with Gasteiger partial charge in [0.15, 0.2) is 0 Å². The molecule has 0 aliphatic carbocycles. The molecule has 0 bridgehead atoms. The number of nitrogens with two attached hydrogens (primary N) is 1. The third kappa shape index (κ3) is 4.79. The molecule has 3 N–H and O–H groups in total. The number of carbonyl (C=O) groups is 2. The molecule has 0 saturated carbocycles. The second kappa shape index (κ2) is 9.32. The average Bonchev–Trinajstić information content (AvgIpc) is 3.09. The van der Waals surface area contributed by atoms with Crippen LogP contribution < -0.4 is 14.8 Å². The van der Waals surface area contributed by atoms with Crippen LogP contribution in [0.4, 0.5) is 5.69 Å². The highest BCUT2D eigenvalue weighted by atomic mass is 32.2. The number of hydrogen-bond acceptors (Lipinski definition) is 7. The van der Waals surface area contributed by atoms with Gasteiger partial charge in [-0.25, -0.2) is 13.6 Å². The van der Waals surface area contributed by atoms with Crippen LogP contribution in [0.5, 0.6) is 5.75 Å². The highest BCUT2D eigenvalue weighted by molar-refractivity contribution is 7.89. The van der Waals surface area contributed by atoms with Crippen molar-refractivity contribution in [3.8, 4) is 5.75 Å². The van der Waals surface area contributed by atoms with Crippen LogP contribution in [0.2, 0.25) is 0 Å². The molecule has 35 heavy (non-hydrogen) atoms. The Morgan fingerprint density at radius 1 is 1.06 bits per heavy atom. The molecule has 1 aliphatic rings. The molecule has 180 valence electrons. The largest absolute Gasteiger partial charge is 0.507 e. The van der Waals surface area contributed by atoms with Gasteiger partial charge in [0.05, 0.1) is 22.6 Å². The fourth-order valence-electron chi connectivity index (χ4n) is 3.87. The van der Waals surface area contributed by atoms with Crippen LogP contribution in [-0.4, -0.2) is 36.3 Å². The zero-order valence-corrected chi connectivity index (χ0v) is 19.8. The standard InChI is InChI=1S/C25H23N3O6S/c1-15(2)34-19-9-5-16(6-10-19)23(29)21-22(17-4-3-13-27-14-17)28(25(31)24(21)30)18-7-11-20(12-8-18)35(26,32)33/h3-15,22,29H,1-2H3,(H2,26,32,33)/b23-21+. The van der Waals surface area contributed by atoms with Crippen molar-refractivity contribution in [2.24, 2.45) is 5.14 Å². The number of aliphatic hydroxyl groups excluding tert-OH is 1. The molecular formula is C25H23N3O6S. The number of ether oxygens (including phenoxy) is 1. The summed E-state index contributed by atoms with van der Waals surface area (Å²) in [6, 6.07) is 14.1. The van der Waals surface area contributed by atoms with E-state index in [4.69, 9.17) is 9.88 Å². The molecule has 3 aromatic rings. The number of nitrogens with zero attached hydrogens (tertiary/aromatic N) is 2. The lowest BCUT2D eigenvalue weighted by Crippen LogP contribution is -2.29. The molecule has 9 nitrogen and oxygen atoms in total. The predicted octanol–water partition coefficient (Wildman–Crippen LogP) is 3.14. The van der Waals surface area contributed by atoms with Gasteiger partial charge in [-0.1, -0.05) is 6.07 Å². The van der Waals surface area contributed by atoms with Crippen LogP contribution in [0.15, 0.2) is 83.5 Å². The second-order valence-electron chi connectivity index (χ2n) is 8.19. The third-order valence-electron chi connectivity index (χ3n) is 5.39. The molecular weight excluding hydrogens is 470 g/mol. The van der Waals surface area contributed by atoms with E-state index in [0.29, 0.717) is 16.9 Å². The maximum Gasteiger partial charge on any atom is 0.300 e. The second-order valence-corrected chi connectivity index (χ2v) is 9.75. The van der Waals surface area contributed by atoms with E-state index in [-0.39, 0.29) is 28.0 Å². The number of pyridine rings is 1. The first-order chi connectivity index (χ1) is 16.6. The summed E-state index contributed by atoms with van der Waals surface area (Å²) in [5, 5.41) is 16.3. The number of carbonyl (C=O) groups excluding carboxylic acids is 2. The Labute approximate surface area is 202 Å². The smallest absolute Gasteiger partial charge is 0.300 e. The number of amides is 1. The summed E-state index contributed by atoms with van der Waals surface area (Å²) >= 11 is 0. The number of rotatable bonds is 6. The van der Waals surface area contributed by atoms with Crippen molar-refractivity contribution in [3.63, 3.8) is 0 Å². The number of aromatic nitrogens is 1. The number of anilines is 1. The van der Waals surface area contributed by atoms with Gasteiger partial charge in [0.2, 0.25) is 10.0 Å². The number of ketones is 1. The van der Waals surface area contributed by atoms with Gasteiger partial charge in [0.1, 0.15) is 11.5 Å². The normalized spacial score (nSPS) is 17.7. The van der Waals surface area contributed by atoms with Crippen molar-refractivity contribution in [1.29, 1.82) is 0 Å². The van der Waals surface area contributed by atoms with E-state index in [1.54, 1.807) is 42.6 Å². The number of hydrogen-bond donors (Lipinski definition) is 2. The molecule has 1 unspecified atom stereocenters. The number of aliphatic hydroxyl groups is 1. The monoisotopic (exact) mass is 493 g/mol. The summed E-state index contributed by atoms with van der Waals surface area (Å²) in [5.41, 5.74) is 0.963. The van der Waals surface area contributed by atoms with Gasteiger partial charge in [-0.2, -0.15) is 0 Å². The van der Waals surface area contributed by atoms with Crippen molar-refractivity contribution in [3.05, 3.63) is 89.8 Å². The van der Waals surface area contributed by atoms with Crippen LogP contribution in [-0.2, 0) is 19.6 Å². The maximum atomic E-state index is 13.2. The topological polar surface area (TPSA) is 140 Å². The van der Waals surface area contributed by atoms with Crippen molar-refractivity contribution < 1.29 is 27.9 Å². The molecule has 10 heteroatoms. The maximum absolute atomic E-state index is 13.2. The molecule has 0 radical (unpaired) electrons. The van der Waals surface area contributed by atoms with Crippen molar-refractivity contribution >= 4 is 33.2 Å². The Balaban J connectivity index is 1.84.